The van der Waals surface area contributed by atoms with Crippen molar-refractivity contribution in [3.63, 3.8) is 0 Å². The van der Waals surface area contributed by atoms with Gasteiger partial charge in [0.2, 0.25) is 0 Å². The van der Waals surface area contributed by atoms with E-state index in [1.165, 1.54) is 0 Å². The third-order valence-corrected chi connectivity index (χ3v) is 4.36. The number of ether oxygens (including phenoxy) is 1. The number of anilines is 1. The van der Waals surface area contributed by atoms with Crippen LogP contribution in [0, 0.1) is 6.92 Å². The fourth-order valence-electron chi connectivity index (χ4n) is 1.94. The molecule has 0 amide bonds. The second-order valence-electron chi connectivity index (χ2n) is 4.27. The van der Waals surface area contributed by atoms with Gasteiger partial charge in [-0.3, -0.25) is 0 Å². The Kier molecular flexibility index (Phi) is 4.23. The van der Waals surface area contributed by atoms with Crippen molar-refractivity contribution >= 4 is 17.6 Å². The molecule has 1 aliphatic rings. The molecule has 0 radical (unpaired) electrons. The molecule has 1 aromatic rings. The quantitative estimate of drug-likeness (QED) is 0.891. The van der Waals surface area contributed by atoms with Crippen LogP contribution in [0.1, 0.15) is 24.9 Å². The van der Waals surface area contributed by atoms with Gasteiger partial charge in [0.25, 0.3) is 0 Å². The second-order valence-corrected chi connectivity index (χ2v) is 5.50. The lowest BCUT2D eigenvalue weighted by molar-refractivity contribution is 0.127. The van der Waals surface area contributed by atoms with E-state index in [0.717, 1.165) is 36.1 Å². The lowest BCUT2D eigenvalue weighted by Gasteiger charge is -2.13. The molecule has 1 fully saturated rings. The van der Waals surface area contributed by atoms with E-state index in [-0.39, 0.29) is 0 Å². The summed E-state index contributed by atoms with van der Waals surface area (Å²) in [6.45, 7) is 5.02. The van der Waals surface area contributed by atoms with E-state index in [0.29, 0.717) is 11.4 Å². The Bertz CT molecular complexity index is 386. The Morgan fingerprint density at radius 2 is 2.35 bits per heavy atom. The van der Waals surface area contributed by atoms with Crippen molar-refractivity contribution in [1.82, 2.24) is 9.97 Å². The third kappa shape index (κ3) is 3.33. The average molecular weight is 253 g/mol. The van der Waals surface area contributed by atoms with E-state index in [9.17, 15) is 0 Å². The number of aryl methyl sites for hydroxylation is 1. The molecule has 1 aromatic heterocycles. The number of aromatic nitrogens is 2. The summed E-state index contributed by atoms with van der Waals surface area (Å²) in [7, 11) is 1.88. The van der Waals surface area contributed by atoms with Gasteiger partial charge < -0.3 is 10.1 Å². The van der Waals surface area contributed by atoms with Gasteiger partial charge in [0.15, 0.2) is 0 Å². The average Bonchev–Trinajstić information content (AvgIpc) is 2.71. The van der Waals surface area contributed by atoms with Gasteiger partial charge in [0.05, 0.1) is 11.9 Å². The molecule has 0 bridgehead atoms. The second kappa shape index (κ2) is 5.69. The Morgan fingerprint density at radius 3 is 3.00 bits per heavy atom. The number of thioether (sulfide) groups is 1. The first-order chi connectivity index (χ1) is 8.19. The van der Waals surface area contributed by atoms with Crippen LogP contribution in [-0.4, -0.2) is 35.0 Å². The van der Waals surface area contributed by atoms with Crippen molar-refractivity contribution in [2.45, 2.75) is 37.4 Å². The normalized spacial score (nSPS) is 23.9. The van der Waals surface area contributed by atoms with E-state index < -0.39 is 0 Å². The summed E-state index contributed by atoms with van der Waals surface area (Å²) < 4.78 is 5.55. The minimum absolute atomic E-state index is 0.355. The smallest absolute Gasteiger partial charge is 0.140 e. The topological polar surface area (TPSA) is 47.0 Å². The monoisotopic (exact) mass is 253 g/mol. The lowest BCUT2D eigenvalue weighted by atomic mass is 10.3. The number of hydrogen-bond acceptors (Lipinski definition) is 5. The minimum atomic E-state index is 0.355. The first kappa shape index (κ1) is 12.6. The van der Waals surface area contributed by atoms with Gasteiger partial charge in [0.1, 0.15) is 11.6 Å². The standard InChI is InChI=1S/C12H19N3OS/c1-8-6-11(13-3)15-12(14-8)7-17-10-4-5-16-9(10)2/h6,9-10H,4-5,7H2,1-3H3,(H,13,14,15). The maximum absolute atomic E-state index is 5.55. The van der Waals surface area contributed by atoms with Crippen LogP contribution in [0.3, 0.4) is 0 Å². The van der Waals surface area contributed by atoms with Crippen LogP contribution in [0.5, 0.6) is 0 Å². The molecule has 1 saturated heterocycles. The largest absolute Gasteiger partial charge is 0.377 e. The van der Waals surface area contributed by atoms with Crippen molar-refractivity contribution in [3.8, 4) is 0 Å². The van der Waals surface area contributed by atoms with Gasteiger partial charge in [-0.15, -0.1) is 11.8 Å². The van der Waals surface area contributed by atoms with Crippen LogP contribution in [0.4, 0.5) is 5.82 Å². The molecule has 94 valence electrons. The summed E-state index contributed by atoms with van der Waals surface area (Å²) in [5.41, 5.74) is 1.01. The summed E-state index contributed by atoms with van der Waals surface area (Å²) in [6, 6.07) is 1.95. The SMILES string of the molecule is CNc1cc(C)nc(CSC2CCOC2C)n1. The van der Waals surface area contributed by atoms with Gasteiger partial charge in [0, 0.05) is 30.7 Å². The zero-order valence-corrected chi connectivity index (χ0v) is 11.4. The summed E-state index contributed by atoms with van der Waals surface area (Å²) in [6.07, 6.45) is 1.49. The van der Waals surface area contributed by atoms with Crippen LogP contribution in [0.15, 0.2) is 6.07 Å². The van der Waals surface area contributed by atoms with Gasteiger partial charge in [-0.1, -0.05) is 0 Å². The van der Waals surface area contributed by atoms with Crippen LogP contribution in [0.2, 0.25) is 0 Å². The minimum Gasteiger partial charge on any atom is -0.377 e. The van der Waals surface area contributed by atoms with E-state index in [4.69, 9.17) is 4.74 Å². The van der Waals surface area contributed by atoms with Crippen molar-refractivity contribution in [2.24, 2.45) is 0 Å². The van der Waals surface area contributed by atoms with Gasteiger partial charge in [-0.25, -0.2) is 9.97 Å². The van der Waals surface area contributed by atoms with E-state index in [2.05, 4.69) is 22.2 Å². The van der Waals surface area contributed by atoms with E-state index in [1.807, 2.05) is 31.8 Å². The predicted octanol–water partition coefficient (Wildman–Crippen LogP) is 2.24. The summed E-state index contributed by atoms with van der Waals surface area (Å²) in [5, 5.41) is 3.64. The highest BCUT2D eigenvalue weighted by atomic mass is 32.2. The zero-order valence-electron chi connectivity index (χ0n) is 10.6. The molecule has 17 heavy (non-hydrogen) atoms. The maximum Gasteiger partial charge on any atom is 0.140 e. The molecule has 0 saturated carbocycles. The molecule has 1 N–H and O–H groups in total. The molecular weight excluding hydrogens is 234 g/mol. The van der Waals surface area contributed by atoms with Crippen molar-refractivity contribution in [2.75, 3.05) is 19.0 Å². The lowest BCUT2D eigenvalue weighted by Crippen LogP contribution is -2.14. The highest BCUT2D eigenvalue weighted by Crippen LogP contribution is 2.28. The molecular formula is C12H19N3OS. The summed E-state index contributed by atoms with van der Waals surface area (Å²) in [5.74, 6) is 2.65. The Hall–Kier alpha value is -0.810. The predicted molar refractivity (Wildman–Crippen MR) is 71.4 cm³/mol. The van der Waals surface area contributed by atoms with Crippen molar-refractivity contribution < 1.29 is 4.74 Å². The van der Waals surface area contributed by atoms with E-state index in [1.54, 1.807) is 0 Å². The highest BCUT2D eigenvalue weighted by Gasteiger charge is 2.24. The molecule has 4 nitrogen and oxygen atoms in total. The van der Waals surface area contributed by atoms with Crippen LogP contribution in [0.25, 0.3) is 0 Å². The molecule has 5 heteroatoms. The van der Waals surface area contributed by atoms with E-state index >= 15 is 0 Å². The Labute approximate surface area is 107 Å². The molecule has 0 aromatic carbocycles. The number of nitrogens with one attached hydrogen (secondary N) is 1. The Morgan fingerprint density at radius 1 is 1.53 bits per heavy atom. The first-order valence-corrected chi connectivity index (χ1v) is 6.99. The fraction of sp³-hybridized carbons (Fsp3) is 0.667. The number of rotatable bonds is 4. The Balaban J connectivity index is 1.96. The third-order valence-electron chi connectivity index (χ3n) is 2.89. The van der Waals surface area contributed by atoms with Gasteiger partial charge in [-0.2, -0.15) is 0 Å². The molecule has 2 atom stereocenters. The molecule has 1 aliphatic heterocycles. The van der Waals surface area contributed by atoms with Crippen LogP contribution in [-0.2, 0) is 10.5 Å². The maximum atomic E-state index is 5.55. The molecule has 0 aliphatic carbocycles. The fourth-order valence-corrected chi connectivity index (χ4v) is 3.04. The highest BCUT2D eigenvalue weighted by molar-refractivity contribution is 7.99. The first-order valence-electron chi connectivity index (χ1n) is 5.94. The van der Waals surface area contributed by atoms with Crippen LogP contribution < -0.4 is 5.32 Å². The molecule has 2 unspecified atom stereocenters. The van der Waals surface area contributed by atoms with Crippen LogP contribution >= 0.6 is 11.8 Å². The summed E-state index contributed by atoms with van der Waals surface area (Å²) >= 11 is 1.90. The molecule has 0 spiro atoms. The summed E-state index contributed by atoms with van der Waals surface area (Å²) in [4.78, 5) is 8.91. The van der Waals surface area contributed by atoms with Crippen molar-refractivity contribution in [3.05, 3.63) is 17.6 Å². The van der Waals surface area contributed by atoms with Gasteiger partial charge in [-0.05, 0) is 20.3 Å². The zero-order chi connectivity index (χ0) is 12.3. The molecule has 2 heterocycles. The number of nitrogens with zero attached hydrogens (tertiary/aromatic N) is 2. The number of hydrogen-bond donors (Lipinski definition) is 1. The van der Waals surface area contributed by atoms with Gasteiger partial charge >= 0.3 is 0 Å². The van der Waals surface area contributed by atoms with Crippen molar-refractivity contribution in [1.29, 1.82) is 0 Å². The molecule has 2 rings (SSSR count).